The summed E-state index contributed by atoms with van der Waals surface area (Å²) in [4.78, 5) is 8.87. The third-order valence-corrected chi connectivity index (χ3v) is 2.99. The molecule has 1 heterocycles. The highest BCUT2D eigenvalue weighted by molar-refractivity contribution is 5.60. The summed E-state index contributed by atoms with van der Waals surface area (Å²) in [5.41, 5.74) is 1.31. The van der Waals surface area contributed by atoms with Crippen molar-refractivity contribution >= 4 is 17.3 Å². The van der Waals surface area contributed by atoms with Crippen LogP contribution in [0.25, 0.3) is 0 Å². The fourth-order valence-electron chi connectivity index (χ4n) is 2.03. The number of hydrogen-bond donors (Lipinski definition) is 2. The molecular formula is C16H21FN4. The Morgan fingerprint density at radius 1 is 1.10 bits per heavy atom. The summed E-state index contributed by atoms with van der Waals surface area (Å²) in [6.07, 6.45) is 1.76. The Morgan fingerprint density at radius 2 is 1.86 bits per heavy atom. The minimum Gasteiger partial charge on any atom is -0.370 e. The van der Waals surface area contributed by atoms with Crippen molar-refractivity contribution in [3.05, 3.63) is 41.5 Å². The lowest BCUT2D eigenvalue weighted by atomic mass is 10.2. The Bertz CT molecular complexity index is 589. The molecule has 5 heteroatoms. The maximum absolute atomic E-state index is 13.9. The molecule has 0 bridgehead atoms. The van der Waals surface area contributed by atoms with Crippen molar-refractivity contribution in [2.75, 3.05) is 17.2 Å². The van der Waals surface area contributed by atoms with Crippen LogP contribution in [0, 0.1) is 12.7 Å². The van der Waals surface area contributed by atoms with Crippen molar-refractivity contribution in [1.29, 1.82) is 0 Å². The molecule has 21 heavy (non-hydrogen) atoms. The molecule has 1 aromatic carbocycles. The monoisotopic (exact) mass is 288 g/mol. The maximum atomic E-state index is 13.9. The molecule has 0 amide bonds. The van der Waals surface area contributed by atoms with Crippen molar-refractivity contribution in [3.8, 4) is 0 Å². The van der Waals surface area contributed by atoms with Crippen LogP contribution in [0.2, 0.25) is 0 Å². The molecule has 0 aliphatic rings. The molecule has 2 N–H and O–H groups in total. The van der Waals surface area contributed by atoms with E-state index in [4.69, 9.17) is 0 Å². The lowest BCUT2D eigenvalue weighted by Gasteiger charge is -2.11. The summed E-state index contributed by atoms with van der Waals surface area (Å²) in [6.45, 7) is 6.73. The minimum atomic E-state index is -0.282. The first-order valence-electron chi connectivity index (χ1n) is 7.27. The molecular weight excluding hydrogens is 267 g/mol. The number of benzene rings is 1. The second-order valence-electron chi connectivity index (χ2n) is 4.94. The van der Waals surface area contributed by atoms with Gasteiger partial charge in [0.05, 0.1) is 5.69 Å². The zero-order valence-electron chi connectivity index (χ0n) is 12.7. The smallest absolute Gasteiger partial charge is 0.146 e. The Morgan fingerprint density at radius 3 is 2.52 bits per heavy atom. The molecule has 112 valence electrons. The second-order valence-corrected chi connectivity index (χ2v) is 4.94. The number of nitrogens with zero attached hydrogens (tertiary/aromatic N) is 2. The van der Waals surface area contributed by atoms with E-state index in [-0.39, 0.29) is 5.82 Å². The van der Waals surface area contributed by atoms with Gasteiger partial charge in [-0.05, 0) is 38.0 Å². The van der Waals surface area contributed by atoms with Crippen LogP contribution in [0.4, 0.5) is 21.7 Å². The van der Waals surface area contributed by atoms with Gasteiger partial charge in [0.1, 0.15) is 23.3 Å². The molecule has 4 nitrogen and oxygen atoms in total. The van der Waals surface area contributed by atoms with Crippen LogP contribution < -0.4 is 10.6 Å². The van der Waals surface area contributed by atoms with Crippen molar-refractivity contribution < 1.29 is 4.39 Å². The molecule has 2 aromatic rings. The zero-order chi connectivity index (χ0) is 15.2. The van der Waals surface area contributed by atoms with Gasteiger partial charge >= 0.3 is 0 Å². The first-order chi connectivity index (χ1) is 10.1. The molecule has 0 aliphatic heterocycles. The number of aromatic nitrogens is 2. The summed E-state index contributed by atoms with van der Waals surface area (Å²) >= 11 is 0. The SMILES string of the molecule is CCCc1nc(NCC)cc(Nc2ccc(C)cc2F)n1. The van der Waals surface area contributed by atoms with Crippen LogP contribution in [0.3, 0.4) is 0 Å². The van der Waals surface area contributed by atoms with Gasteiger partial charge in [-0.25, -0.2) is 14.4 Å². The van der Waals surface area contributed by atoms with Crippen molar-refractivity contribution in [2.45, 2.75) is 33.6 Å². The molecule has 0 radical (unpaired) electrons. The van der Waals surface area contributed by atoms with E-state index in [2.05, 4.69) is 27.5 Å². The number of nitrogens with one attached hydrogen (secondary N) is 2. The third-order valence-electron chi connectivity index (χ3n) is 2.99. The largest absolute Gasteiger partial charge is 0.370 e. The van der Waals surface area contributed by atoms with E-state index in [1.165, 1.54) is 6.07 Å². The second kappa shape index (κ2) is 7.02. The van der Waals surface area contributed by atoms with Gasteiger partial charge in [-0.3, -0.25) is 0 Å². The topological polar surface area (TPSA) is 49.8 Å². The van der Waals surface area contributed by atoms with E-state index in [9.17, 15) is 4.39 Å². The minimum absolute atomic E-state index is 0.282. The number of halogens is 1. The van der Waals surface area contributed by atoms with E-state index in [1.807, 2.05) is 19.9 Å². The van der Waals surface area contributed by atoms with Crippen LogP contribution in [-0.2, 0) is 6.42 Å². The van der Waals surface area contributed by atoms with E-state index in [0.29, 0.717) is 11.5 Å². The van der Waals surface area contributed by atoms with Crippen LogP contribution in [0.15, 0.2) is 24.3 Å². The Labute approximate surface area is 124 Å². The van der Waals surface area contributed by atoms with Gasteiger partial charge in [0.2, 0.25) is 0 Å². The standard InChI is InChI=1S/C16H21FN4/c1-4-6-14-20-15(18-5-2)10-16(21-14)19-13-8-7-11(3)9-12(13)17/h7-10H,4-6H2,1-3H3,(H2,18,19,20,21). The molecule has 0 aliphatic carbocycles. The summed E-state index contributed by atoms with van der Waals surface area (Å²) in [6, 6.07) is 6.88. The average molecular weight is 288 g/mol. The predicted molar refractivity (Wildman–Crippen MR) is 84.6 cm³/mol. The van der Waals surface area contributed by atoms with Gasteiger partial charge in [-0.15, -0.1) is 0 Å². The molecule has 0 saturated carbocycles. The Hall–Kier alpha value is -2.17. The Kier molecular flexibility index (Phi) is 5.09. The molecule has 0 spiro atoms. The van der Waals surface area contributed by atoms with Crippen molar-refractivity contribution in [2.24, 2.45) is 0 Å². The molecule has 0 atom stereocenters. The first-order valence-corrected chi connectivity index (χ1v) is 7.27. The normalized spacial score (nSPS) is 10.5. The lowest BCUT2D eigenvalue weighted by Crippen LogP contribution is -2.06. The van der Waals surface area contributed by atoms with Crippen LogP contribution in [-0.4, -0.2) is 16.5 Å². The molecule has 0 fully saturated rings. The molecule has 1 aromatic heterocycles. The van der Waals surface area contributed by atoms with Gasteiger partial charge in [0, 0.05) is 19.0 Å². The summed E-state index contributed by atoms with van der Waals surface area (Å²) in [7, 11) is 0. The highest BCUT2D eigenvalue weighted by Gasteiger charge is 2.07. The molecule has 0 saturated heterocycles. The average Bonchev–Trinajstić information content (AvgIpc) is 2.42. The van der Waals surface area contributed by atoms with Crippen LogP contribution >= 0.6 is 0 Å². The van der Waals surface area contributed by atoms with Gasteiger partial charge in [-0.2, -0.15) is 0 Å². The van der Waals surface area contributed by atoms with Crippen LogP contribution in [0.1, 0.15) is 31.7 Å². The Balaban J connectivity index is 2.29. The van der Waals surface area contributed by atoms with Crippen molar-refractivity contribution in [3.63, 3.8) is 0 Å². The highest BCUT2D eigenvalue weighted by atomic mass is 19.1. The first kappa shape index (κ1) is 15.2. The van der Waals surface area contributed by atoms with E-state index >= 15 is 0 Å². The number of anilines is 3. The summed E-state index contributed by atoms with van der Waals surface area (Å²) in [5.74, 6) is 1.83. The fourth-order valence-corrected chi connectivity index (χ4v) is 2.03. The van der Waals surface area contributed by atoms with E-state index in [1.54, 1.807) is 12.1 Å². The quantitative estimate of drug-likeness (QED) is 0.842. The molecule has 2 rings (SSSR count). The van der Waals surface area contributed by atoms with Crippen molar-refractivity contribution in [1.82, 2.24) is 9.97 Å². The van der Waals surface area contributed by atoms with E-state index in [0.717, 1.165) is 36.6 Å². The lowest BCUT2D eigenvalue weighted by molar-refractivity contribution is 0.630. The third kappa shape index (κ3) is 4.15. The van der Waals surface area contributed by atoms with E-state index < -0.39 is 0 Å². The predicted octanol–water partition coefficient (Wildman–Crippen LogP) is 4.05. The summed E-state index contributed by atoms with van der Waals surface area (Å²) < 4.78 is 13.9. The van der Waals surface area contributed by atoms with Gasteiger partial charge in [0.25, 0.3) is 0 Å². The number of aryl methyl sites for hydroxylation is 2. The van der Waals surface area contributed by atoms with Gasteiger partial charge in [-0.1, -0.05) is 13.0 Å². The summed E-state index contributed by atoms with van der Waals surface area (Å²) in [5, 5.41) is 6.20. The maximum Gasteiger partial charge on any atom is 0.146 e. The molecule has 0 unspecified atom stereocenters. The van der Waals surface area contributed by atoms with Gasteiger partial charge in [0.15, 0.2) is 0 Å². The van der Waals surface area contributed by atoms with Crippen LogP contribution in [0.5, 0.6) is 0 Å². The number of hydrogen-bond acceptors (Lipinski definition) is 4. The zero-order valence-corrected chi connectivity index (χ0v) is 12.7. The fraction of sp³-hybridized carbons (Fsp3) is 0.375. The number of rotatable bonds is 6. The van der Waals surface area contributed by atoms with Gasteiger partial charge < -0.3 is 10.6 Å². The highest BCUT2D eigenvalue weighted by Crippen LogP contribution is 2.21.